The lowest BCUT2D eigenvalue weighted by Crippen LogP contribution is -2.50. The molecule has 1 fully saturated rings. The average molecular weight is 530 g/mol. The zero-order chi connectivity index (χ0) is 24.9. The van der Waals surface area contributed by atoms with Gasteiger partial charge in [-0.25, -0.2) is 0 Å². The predicted octanol–water partition coefficient (Wildman–Crippen LogP) is 5.91. The lowest BCUT2D eigenvalue weighted by Gasteiger charge is -2.30. The molecular formula is C28H37BrN2O3. The van der Waals surface area contributed by atoms with Gasteiger partial charge in [0, 0.05) is 12.6 Å². The summed E-state index contributed by atoms with van der Waals surface area (Å²) in [5.41, 5.74) is 3.30. The fraction of sp³-hybridized carbons (Fsp3) is 0.500. The molecule has 2 amide bonds. The Labute approximate surface area is 212 Å². The van der Waals surface area contributed by atoms with Crippen molar-refractivity contribution in [3.8, 4) is 5.75 Å². The van der Waals surface area contributed by atoms with Crippen molar-refractivity contribution in [2.45, 2.75) is 84.3 Å². The Morgan fingerprint density at radius 2 is 1.85 bits per heavy atom. The van der Waals surface area contributed by atoms with Crippen molar-refractivity contribution in [3.05, 3.63) is 63.6 Å². The van der Waals surface area contributed by atoms with Crippen molar-refractivity contribution < 1.29 is 14.3 Å². The van der Waals surface area contributed by atoms with E-state index in [1.807, 2.05) is 49.4 Å². The van der Waals surface area contributed by atoms with Gasteiger partial charge >= 0.3 is 0 Å². The first-order chi connectivity index (χ1) is 16.0. The van der Waals surface area contributed by atoms with E-state index in [1.165, 1.54) is 5.56 Å². The van der Waals surface area contributed by atoms with Gasteiger partial charge in [0.25, 0.3) is 5.91 Å². The maximum atomic E-state index is 13.3. The van der Waals surface area contributed by atoms with Crippen LogP contribution in [0, 0.1) is 6.92 Å². The van der Waals surface area contributed by atoms with Crippen LogP contribution in [0.3, 0.4) is 0 Å². The summed E-state index contributed by atoms with van der Waals surface area (Å²) in [6, 6.07) is 13.6. The number of hydrogen-bond donors (Lipinski definition) is 1. The summed E-state index contributed by atoms with van der Waals surface area (Å²) in [6.45, 7) is 10.5. The summed E-state index contributed by atoms with van der Waals surface area (Å²) in [7, 11) is 0. The molecule has 0 radical (unpaired) electrons. The Kier molecular flexibility index (Phi) is 8.80. The number of nitrogens with zero attached hydrogens (tertiary/aromatic N) is 1. The summed E-state index contributed by atoms with van der Waals surface area (Å²) in [6.07, 6.45) is 4.29. The quantitative estimate of drug-likeness (QED) is 0.463. The van der Waals surface area contributed by atoms with Crippen molar-refractivity contribution in [3.63, 3.8) is 0 Å². The van der Waals surface area contributed by atoms with Crippen LogP contribution in [-0.2, 0) is 21.5 Å². The van der Waals surface area contributed by atoms with Gasteiger partial charge in [0.1, 0.15) is 11.8 Å². The molecule has 184 valence electrons. The summed E-state index contributed by atoms with van der Waals surface area (Å²) in [5, 5.41) is 3.13. The van der Waals surface area contributed by atoms with Gasteiger partial charge in [0.2, 0.25) is 5.91 Å². The Bertz CT molecular complexity index is 1010. The number of nitrogens with one attached hydrogen (secondary N) is 1. The molecule has 0 unspecified atom stereocenters. The van der Waals surface area contributed by atoms with Gasteiger partial charge in [-0.3, -0.25) is 9.59 Å². The summed E-state index contributed by atoms with van der Waals surface area (Å²) in [5.74, 6) is 0.283. The van der Waals surface area contributed by atoms with Crippen LogP contribution in [0.5, 0.6) is 5.75 Å². The summed E-state index contributed by atoms with van der Waals surface area (Å²) in [4.78, 5) is 28.0. The van der Waals surface area contributed by atoms with Gasteiger partial charge in [-0.05, 0) is 71.3 Å². The third kappa shape index (κ3) is 7.08. The third-order valence-corrected chi connectivity index (χ3v) is 7.07. The number of aryl methyl sites for hydroxylation is 1. The zero-order valence-electron chi connectivity index (χ0n) is 21.0. The normalized spacial score (nSPS) is 15.1. The van der Waals surface area contributed by atoms with Crippen molar-refractivity contribution in [1.29, 1.82) is 0 Å². The van der Waals surface area contributed by atoms with E-state index in [-0.39, 0.29) is 29.9 Å². The molecule has 1 N–H and O–H groups in total. The maximum Gasteiger partial charge on any atom is 0.261 e. The van der Waals surface area contributed by atoms with Crippen LogP contribution in [-0.4, -0.2) is 35.4 Å². The number of benzene rings is 2. The molecule has 3 rings (SSSR count). The highest BCUT2D eigenvalue weighted by Gasteiger charge is 2.29. The van der Waals surface area contributed by atoms with Crippen LogP contribution < -0.4 is 10.1 Å². The Morgan fingerprint density at radius 3 is 2.47 bits per heavy atom. The molecule has 0 saturated heterocycles. The smallest absolute Gasteiger partial charge is 0.261 e. The van der Waals surface area contributed by atoms with E-state index in [9.17, 15) is 9.59 Å². The first-order valence-corrected chi connectivity index (χ1v) is 12.9. The SMILES string of the molecule is Cc1cccc(CN(C(=O)COc2ccc(C(C)(C)C)cc2Br)[C@@H](C)C(=O)NC2CCCC2)c1. The van der Waals surface area contributed by atoms with E-state index in [0.29, 0.717) is 12.3 Å². The van der Waals surface area contributed by atoms with E-state index < -0.39 is 6.04 Å². The number of rotatable bonds is 8. The molecule has 5 nitrogen and oxygen atoms in total. The van der Waals surface area contributed by atoms with Crippen LogP contribution in [0.2, 0.25) is 0 Å². The second-order valence-corrected chi connectivity index (χ2v) is 11.2. The number of ether oxygens (including phenoxy) is 1. The first kappa shape index (κ1) is 26.3. The molecular weight excluding hydrogens is 492 g/mol. The Balaban J connectivity index is 1.73. The van der Waals surface area contributed by atoms with E-state index in [4.69, 9.17) is 4.74 Å². The topological polar surface area (TPSA) is 58.6 Å². The molecule has 1 atom stereocenters. The van der Waals surface area contributed by atoms with E-state index in [0.717, 1.165) is 41.3 Å². The molecule has 0 aromatic heterocycles. The van der Waals surface area contributed by atoms with Crippen molar-refractivity contribution >= 4 is 27.7 Å². The van der Waals surface area contributed by atoms with Crippen LogP contribution in [0.4, 0.5) is 0 Å². The van der Waals surface area contributed by atoms with Crippen LogP contribution in [0.1, 0.15) is 70.1 Å². The number of halogens is 1. The molecule has 6 heteroatoms. The monoisotopic (exact) mass is 528 g/mol. The fourth-order valence-corrected chi connectivity index (χ4v) is 4.78. The molecule has 1 saturated carbocycles. The summed E-state index contributed by atoms with van der Waals surface area (Å²) < 4.78 is 6.71. The molecule has 0 heterocycles. The predicted molar refractivity (Wildman–Crippen MR) is 140 cm³/mol. The highest BCUT2D eigenvalue weighted by atomic mass is 79.9. The van der Waals surface area contributed by atoms with E-state index in [1.54, 1.807) is 11.8 Å². The standard InChI is InChI=1S/C28H37BrN2O3/c1-19-9-8-10-21(15-19)17-31(20(2)27(33)30-23-11-6-7-12-23)26(32)18-34-25-14-13-22(16-24(25)29)28(3,4)5/h8-10,13-16,20,23H,6-7,11-12,17-18H2,1-5H3,(H,30,33)/t20-/m0/s1. The minimum Gasteiger partial charge on any atom is -0.483 e. The first-order valence-electron chi connectivity index (χ1n) is 12.1. The minimum absolute atomic E-state index is 0.0175. The number of amides is 2. The van der Waals surface area contributed by atoms with Crippen LogP contribution in [0.25, 0.3) is 0 Å². The number of carbonyl (C=O) groups is 2. The Morgan fingerprint density at radius 1 is 1.15 bits per heavy atom. The van der Waals surface area contributed by atoms with Crippen molar-refractivity contribution in [2.75, 3.05) is 6.61 Å². The molecule has 2 aromatic carbocycles. The van der Waals surface area contributed by atoms with Gasteiger partial charge in [0.15, 0.2) is 6.61 Å². The van der Waals surface area contributed by atoms with Gasteiger partial charge in [0.05, 0.1) is 4.47 Å². The molecule has 0 aliphatic heterocycles. The lowest BCUT2D eigenvalue weighted by atomic mass is 9.87. The third-order valence-electron chi connectivity index (χ3n) is 6.45. The molecule has 2 aromatic rings. The summed E-state index contributed by atoms with van der Waals surface area (Å²) >= 11 is 3.58. The van der Waals surface area contributed by atoms with Crippen LogP contribution in [0.15, 0.2) is 46.9 Å². The number of hydrogen-bond acceptors (Lipinski definition) is 3. The fourth-order valence-electron chi connectivity index (χ4n) is 4.29. The van der Waals surface area contributed by atoms with Crippen LogP contribution >= 0.6 is 15.9 Å². The van der Waals surface area contributed by atoms with Gasteiger partial charge < -0.3 is 15.0 Å². The second kappa shape index (κ2) is 11.4. The van der Waals surface area contributed by atoms with Crippen molar-refractivity contribution in [1.82, 2.24) is 10.2 Å². The van der Waals surface area contributed by atoms with E-state index >= 15 is 0 Å². The molecule has 0 bridgehead atoms. The van der Waals surface area contributed by atoms with Crippen molar-refractivity contribution in [2.24, 2.45) is 0 Å². The number of carbonyl (C=O) groups excluding carboxylic acids is 2. The molecule has 1 aliphatic carbocycles. The second-order valence-electron chi connectivity index (χ2n) is 10.4. The Hall–Kier alpha value is -2.34. The largest absolute Gasteiger partial charge is 0.483 e. The van der Waals surface area contributed by atoms with Gasteiger partial charge in [-0.15, -0.1) is 0 Å². The average Bonchev–Trinajstić information content (AvgIpc) is 3.28. The molecule has 0 spiro atoms. The van der Waals surface area contributed by atoms with Gasteiger partial charge in [-0.2, -0.15) is 0 Å². The minimum atomic E-state index is -0.594. The molecule has 1 aliphatic rings. The van der Waals surface area contributed by atoms with E-state index in [2.05, 4.69) is 42.0 Å². The highest BCUT2D eigenvalue weighted by molar-refractivity contribution is 9.10. The molecule has 34 heavy (non-hydrogen) atoms. The zero-order valence-corrected chi connectivity index (χ0v) is 22.6. The highest BCUT2D eigenvalue weighted by Crippen LogP contribution is 2.31. The lowest BCUT2D eigenvalue weighted by molar-refractivity contribution is -0.142. The maximum absolute atomic E-state index is 13.3. The van der Waals surface area contributed by atoms with Gasteiger partial charge in [-0.1, -0.05) is 69.5 Å².